The van der Waals surface area contributed by atoms with Crippen LogP contribution in [0.5, 0.6) is 5.75 Å². The number of hydrogen-bond donors (Lipinski definition) is 0. The normalized spacial score (nSPS) is 24.0. The highest BCUT2D eigenvalue weighted by Gasteiger charge is 2.47. The Morgan fingerprint density at radius 1 is 1.31 bits per heavy atom. The maximum atomic E-state index is 5.64. The monoisotopic (exact) mass is 194 g/mol. The van der Waals surface area contributed by atoms with Crippen molar-refractivity contribution < 1.29 is 4.74 Å². The van der Waals surface area contributed by atoms with E-state index in [9.17, 15) is 0 Å². The Morgan fingerprint density at radius 3 is 2.46 bits per heavy atom. The standard InChI is InChI=1S/C11H14OS/c1-11(2)10(13-11)8-12-9-6-4-3-5-7-9/h3-7,10H,8H2,1-2H3. The fraction of sp³-hybridized carbons (Fsp3) is 0.455. The van der Waals surface area contributed by atoms with Crippen LogP contribution in [0.2, 0.25) is 0 Å². The van der Waals surface area contributed by atoms with Gasteiger partial charge >= 0.3 is 0 Å². The van der Waals surface area contributed by atoms with Crippen molar-refractivity contribution in [2.45, 2.75) is 23.8 Å². The molecule has 1 aromatic carbocycles. The summed E-state index contributed by atoms with van der Waals surface area (Å²) in [7, 11) is 0. The number of para-hydroxylation sites is 1. The summed E-state index contributed by atoms with van der Waals surface area (Å²) in [6, 6.07) is 10.0. The van der Waals surface area contributed by atoms with E-state index in [1.165, 1.54) is 0 Å². The zero-order valence-corrected chi connectivity index (χ0v) is 8.80. The maximum Gasteiger partial charge on any atom is 0.119 e. The smallest absolute Gasteiger partial charge is 0.119 e. The lowest BCUT2D eigenvalue weighted by Gasteiger charge is -2.05. The molecule has 13 heavy (non-hydrogen) atoms. The van der Waals surface area contributed by atoms with Crippen LogP contribution in [0.4, 0.5) is 0 Å². The molecule has 0 aromatic heterocycles. The van der Waals surface area contributed by atoms with E-state index in [0.29, 0.717) is 10.00 Å². The van der Waals surface area contributed by atoms with Gasteiger partial charge in [-0.2, -0.15) is 0 Å². The van der Waals surface area contributed by atoms with Crippen LogP contribution >= 0.6 is 11.8 Å². The summed E-state index contributed by atoms with van der Waals surface area (Å²) in [5.41, 5.74) is 0. The van der Waals surface area contributed by atoms with Gasteiger partial charge in [0.15, 0.2) is 0 Å². The molecule has 1 nitrogen and oxygen atoms in total. The van der Waals surface area contributed by atoms with Crippen molar-refractivity contribution >= 4 is 11.8 Å². The van der Waals surface area contributed by atoms with Gasteiger partial charge in [0.2, 0.25) is 0 Å². The molecule has 1 fully saturated rings. The Labute approximate surface area is 83.5 Å². The Kier molecular flexibility index (Phi) is 2.24. The molecule has 0 N–H and O–H groups in total. The minimum Gasteiger partial charge on any atom is -0.492 e. The summed E-state index contributed by atoms with van der Waals surface area (Å²) >= 11 is 1.99. The molecule has 0 saturated carbocycles. The molecule has 0 radical (unpaired) electrons. The van der Waals surface area contributed by atoms with E-state index >= 15 is 0 Å². The molecule has 1 aliphatic rings. The average Bonchev–Trinajstić information content (AvgIpc) is 2.73. The molecular formula is C11H14OS. The van der Waals surface area contributed by atoms with Gasteiger partial charge in [0.25, 0.3) is 0 Å². The Balaban J connectivity index is 1.82. The number of thioether (sulfide) groups is 1. The quantitative estimate of drug-likeness (QED) is 0.684. The minimum absolute atomic E-state index is 0.439. The van der Waals surface area contributed by atoms with Gasteiger partial charge in [-0.25, -0.2) is 0 Å². The fourth-order valence-corrected chi connectivity index (χ4v) is 2.13. The van der Waals surface area contributed by atoms with E-state index in [1.54, 1.807) is 0 Å². The zero-order chi connectivity index (χ0) is 9.31. The summed E-state index contributed by atoms with van der Waals surface area (Å²) in [5.74, 6) is 0.978. The second kappa shape index (κ2) is 3.26. The van der Waals surface area contributed by atoms with Gasteiger partial charge in [0.1, 0.15) is 12.4 Å². The zero-order valence-electron chi connectivity index (χ0n) is 7.99. The molecule has 0 amide bonds. The van der Waals surface area contributed by atoms with Crippen molar-refractivity contribution in [1.29, 1.82) is 0 Å². The van der Waals surface area contributed by atoms with E-state index in [-0.39, 0.29) is 0 Å². The van der Waals surface area contributed by atoms with Crippen LogP contribution in [0.3, 0.4) is 0 Å². The third kappa shape index (κ3) is 2.19. The van der Waals surface area contributed by atoms with Crippen molar-refractivity contribution in [1.82, 2.24) is 0 Å². The first kappa shape index (κ1) is 8.95. The molecule has 70 valence electrons. The van der Waals surface area contributed by atoms with E-state index in [0.717, 1.165) is 12.4 Å². The fourth-order valence-electron chi connectivity index (χ4n) is 1.26. The van der Waals surface area contributed by atoms with Gasteiger partial charge in [-0.3, -0.25) is 0 Å². The first-order valence-corrected chi connectivity index (χ1v) is 5.42. The second-order valence-corrected chi connectivity index (χ2v) is 5.69. The number of ether oxygens (including phenoxy) is 1. The van der Waals surface area contributed by atoms with Crippen molar-refractivity contribution in [2.24, 2.45) is 0 Å². The van der Waals surface area contributed by atoms with Crippen LogP contribution in [0.15, 0.2) is 30.3 Å². The highest BCUT2D eigenvalue weighted by Crippen LogP contribution is 2.52. The molecule has 1 unspecified atom stereocenters. The summed E-state index contributed by atoms with van der Waals surface area (Å²) < 4.78 is 6.08. The summed E-state index contributed by atoms with van der Waals surface area (Å²) in [4.78, 5) is 0. The van der Waals surface area contributed by atoms with Gasteiger partial charge < -0.3 is 4.74 Å². The minimum atomic E-state index is 0.439. The SMILES string of the molecule is CC1(C)SC1COc1ccccc1. The summed E-state index contributed by atoms with van der Waals surface area (Å²) in [6.07, 6.45) is 0. The Bertz CT molecular complexity index is 281. The molecule has 1 saturated heterocycles. The molecule has 1 atom stereocenters. The third-order valence-electron chi connectivity index (χ3n) is 2.31. The van der Waals surface area contributed by atoms with Crippen LogP contribution in [0, 0.1) is 0 Å². The molecule has 1 heterocycles. The largest absolute Gasteiger partial charge is 0.492 e. The Hall–Kier alpha value is -0.630. The van der Waals surface area contributed by atoms with Crippen LogP contribution < -0.4 is 4.74 Å². The van der Waals surface area contributed by atoms with Gasteiger partial charge in [0, 0.05) is 4.75 Å². The molecular weight excluding hydrogens is 180 g/mol. The van der Waals surface area contributed by atoms with E-state index < -0.39 is 0 Å². The molecule has 2 rings (SSSR count). The van der Waals surface area contributed by atoms with Crippen LogP contribution in [-0.4, -0.2) is 16.6 Å². The van der Waals surface area contributed by atoms with Gasteiger partial charge in [-0.1, -0.05) is 18.2 Å². The molecule has 0 aliphatic carbocycles. The number of benzene rings is 1. The Morgan fingerprint density at radius 2 is 1.92 bits per heavy atom. The van der Waals surface area contributed by atoms with Gasteiger partial charge in [-0.15, -0.1) is 11.8 Å². The molecule has 1 aromatic rings. The average molecular weight is 194 g/mol. The first-order chi connectivity index (χ1) is 6.18. The van der Waals surface area contributed by atoms with Gasteiger partial charge in [0.05, 0.1) is 5.25 Å². The predicted octanol–water partition coefficient (Wildman–Crippen LogP) is 2.96. The lowest BCUT2D eigenvalue weighted by Crippen LogP contribution is -2.12. The van der Waals surface area contributed by atoms with Crippen molar-refractivity contribution in [3.05, 3.63) is 30.3 Å². The van der Waals surface area contributed by atoms with Crippen LogP contribution in [0.1, 0.15) is 13.8 Å². The maximum absolute atomic E-state index is 5.64. The van der Waals surface area contributed by atoms with Crippen LogP contribution in [-0.2, 0) is 0 Å². The van der Waals surface area contributed by atoms with E-state index in [2.05, 4.69) is 13.8 Å². The second-order valence-electron chi connectivity index (χ2n) is 3.83. The highest BCUT2D eigenvalue weighted by molar-refractivity contribution is 8.08. The molecule has 2 heteroatoms. The predicted molar refractivity (Wildman–Crippen MR) is 57.4 cm³/mol. The number of rotatable bonds is 3. The van der Waals surface area contributed by atoms with Crippen LogP contribution in [0.25, 0.3) is 0 Å². The lowest BCUT2D eigenvalue weighted by atomic mass is 10.1. The van der Waals surface area contributed by atoms with Gasteiger partial charge in [-0.05, 0) is 26.0 Å². The van der Waals surface area contributed by atoms with Crippen molar-refractivity contribution in [2.75, 3.05) is 6.61 Å². The van der Waals surface area contributed by atoms with Crippen molar-refractivity contribution in [3.8, 4) is 5.75 Å². The lowest BCUT2D eigenvalue weighted by molar-refractivity contribution is 0.317. The third-order valence-corrected chi connectivity index (χ3v) is 3.96. The van der Waals surface area contributed by atoms with E-state index in [1.807, 2.05) is 42.1 Å². The summed E-state index contributed by atoms with van der Waals surface area (Å²) in [6.45, 7) is 5.36. The van der Waals surface area contributed by atoms with Crippen molar-refractivity contribution in [3.63, 3.8) is 0 Å². The molecule has 0 bridgehead atoms. The topological polar surface area (TPSA) is 9.23 Å². The van der Waals surface area contributed by atoms with E-state index in [4.69, 9.17) is 4.74 Å². The first-order valence-electron chi connectivity index (χ1n) is 4.54. The molecule has 0 spiro atoms. The summed E-state index contributed by atoms with van der Waals surface area (Å²) in [5, 5.41) is 0.674. The highest BCUT2D eigenvalue weighted by atomic mass is 32.2. The molecule has 1 aliphatic heterocycles. The number of hydrogen-bond acceptors (Lipinski definition) is 2.